The van der Waals surface area contributed by atoms with E-state index in [1.165, 1.54) is 6.07 Å². The van der Waals surface area contributed by atoms with Crippen molar-refractivity contribution < 1.29 is 9.18 Å². The number of anilines is 1. The summed E-state index contributed by atoms with van der Waals surface area (Å²) in [7, 11) is 0. The van der Waals surface area contributed by atoms with Gasteiger partial charge < -0.3 is 20.1 Å². The number of pyridine rings is 1. The first-order valence-electron chi connectivity index (χ1n) is 9.21. The van der Waals surface area contributed by atoms with Crippen LogP contribution >= 0.6 is 0 Å². The molecule has 2 N–H and O–H groups in total. The Kier molecular flexibility index (Phi) is 4.40. The van der Waals surface area contributed by atoms with E-state index in [1.54, 1.807) is 12.3 Å². The van der Waals surface area contributed by atoms with Gasteiger partial charge in [0.2, 0.25) is 5.43 Å². The average molecular weight is 358 g/mol. The van der Waals surface area contributed by atoms with Crippen molar-refractivity contribution in [2.75, 3.05) is 31.1 Å². The van der Waals surface area contributed by atoms with Crippen molar-refractivity contribution in [3.8, 4) is 0 Å². The number of aryl methyl sites for hydroxylation is 1. The average Bonchev–Trinajstić information content (AvgIpc) is 3.46. The Labute approximate surface area is 151 Å². The first kappa shape index (κ1) is 17.0. The third-order valence-corrected chi connectivity index (χ3v) is 5.10. The van der Waals surface area contributed by atoms with E-state index in [0.29, 0.717) is 17.7 Å². The molecule has 1 saturated heterocycles. The van der Waals surface area contributed by atoms with Crippen LogP contribution in [-0.4, -0.2) is 42.7 Å². The van der Waals surface area contributed by atoms with E-state index in [1.807, 2.05) is 16.4 Å². The zero-order valence-electron chi connectivity index (χ0n) is 14.8. The topological polar surface area (TPSA) is 66.4 Å². The van der Waals surface area contributed by atoms with Gasteiger partial charge in [-0.05, 0) is 31.9 Å². The lowest BCUT2D eigenvalue weighted by atomic mass is 10.1. The number of hydrogen-bond acceptors (Lipinski definition) is 4. The monoisotopic (exact) mass is 358 g/mol. The molecule has 2 aliphatic rings. The molecular weight excluding hydrogens is 335 g/mol. The van der Waals surface area contributed by atoms with Crippen LogP contribution in [0, 0.1) is 5.82 Å². The molecule has 138 valence electrons. The smallest absolute Gasteiger partial charge is 0.256 e. The molecule has 0 unspecified atom stereocenters. The van der Waals surface area contributed by atoms with E-state index in [2.05, 4.69) is 10.6 Å². The highest BCUT2D eigenvalue weighted by Crippen LogP contribution is 2.26. The number of carbonyl (C=O) groups excluding carboxylic acids is 1. The van der Waals surface area contributed by atoms with Gasteiger partial charge in [0.15, 0.2) is 0 Å². The molecular formula is C19H23FN4O2. The molecule has 1 amide bonds. The van der Waals surface area contributed by atoms with Gasteiger partial charge in [-0.1, -0.05) is 0 Å². The lowest BCUT2D eigenvalue weighted by Crippen LogP contribution is -2.44. The van der Waals surface area contributed by atoms with Gasteiger partial charge in [0.25, 0.3) is 5.91 Å². The highest BCUT2D eigenvalue weighted by molar-refractivity contribution is 5.98. The predicted octanol–water partition coefficient (Wildman–Crippen LogP) is 1.46. The maximum absolute atomic E-state index is 14.8. The lowest BCUT2D eigenvalue weighted by Gasteiger charge is -2.30. The van der Waals surface area contributed by atoms with Crippen LogP contribution in [0.3, 0.4) is 0 Å². The van der Waals surface area contributed by atoms with Crippen LogP contribution in [0.15, 0.2) is 23.1 Å². The molecule has 1 aromatic heterocycles. The fourth-order valence-electron chi connectivity index (χ4n) is 3.46. The summed E-state index contributed by atoms with van der Waals surface area (Å²) < 4.78 is 16.6. The molecule has 1 aliphatic heterocycles. The van der Waals surface area contributed by atoms with E-state index in [9.17, 15) is 14.0 Å². The Morgan fingerprint density at radius 3 is 2.69 bits per heavy atom. The van der Waals surface area contributed by atoms with Crippen LogP contribution in [0.25, 0.3) is 10.9 Å². The van der Waals surface area contributed by atoms with Crippen molar-refractivity contribution >= 4 is 22.5 Å². The summed E-state index contributed by atoms with van der Waals surface area (Å²) in [5.74, 6) is -0.785. The molecule has 0 radical (unpaired) electrons. The van der Waals surface area contributed by atoms with Gasteiger partial charge in [0, 0.05) is 50.3 Å². The van der Waals surface area contributed by atoms with E-state index in [0.717, 1.165) is 39.0 Å². The van der Waals surface area contributed by atoms with Gasteiger partial charge in [-0.3, -0.25) is 9.59 Å². The minimum Gasteiger partial charge on any atom is -0.367 e. The number of halogens is 1. The molecule has 0 atom stereocenters. The number of nitrogens with one attached hydrogen (secondary N) is 2. The highest BCUT2D eigenvalue weighted by atomic mass is 19.1. The van der Waals surface area contributed by atoms with Gasteiger partial charge in [0.05, 0.1) is 11.2 Å². The first-order valence-corrected chi connectivity index (χ1v) is 9.21. The maximum Gasteiger partial charge on any atom is 0.256 e. The lowest BCUT2D eigenvalue weighted by molar-refractivity contribution is 0.0949. The summed E-state index contributed by atoms with van der Waals surface area (Å²) in [6.07, 6.45) is 3.50. The number of fused-ring (bicyclic) bond motifs is 1. The van der Waals surface area contributed by atoms with Crippen molar-refractivity contribution in [2.45, 2.75) is 32.4 Å². The van der Waals surface area contributed by atoms with Gasteiger partial charge in [-0.15, -0.1) is 0 Å². The molecule has 6 nitrogen and oxygen atoms in total. The van der Waals surface area contributed by atoms with Gasteiger partial charge >= 0.3 is 0 Å². The molecule has 1 aliphatic carbocycles. The van der Waals surface area contributed by atoms with E-state index in [-0.39, 0.29) is 22.9 Å². The molecule has 4 rings (SSSR count). The molecule has 0 spiro atoms. The number of carbonyl (C=O) groups is 1. The second-order valence-corrected chi connectivity index (χ2v) is 6.96. The van der Waals surface area contributed by atoms with Crippen LogP contribution < -0.4 is 21.0 Å². The molecule has 26 heavy (non-hydrogen) atoms. The molecule has 1 aromatic carbocycles. The van der Waals surface area contributed by atoms with E-state index >= 15 is 0 Å². The molecule has 1 saturated carbocycles. The van der Waals surface area contributed by atoms with Crippen LogP contribution in [-0.2, 0) is 6.54 Å². The number of piperazine rings is 1. The second-order valence-electron chi connectivity index (χ2n) is 6.96. The molecule has 7 heteroatoms. The fourth-order valence-corrected chi connectivity index (χ4v) is 3.46. The Hall–Kier alpha value is -2.41. The standard InChI is InChI=1S/C19H23FN4O2/c1-2-23-11-14(19(26)22-12-3-4-12)18(25)13-9-15(20)17(10-16(13)23)24-7-5-21-6-8-24/h9-12,21H,2-8H2,1H3,(H,22,26). The summed E-state index contributed by atoms with van der Waals surface area (Å²) in [6, 6.07) is 3.19. The molecule has 2 fully saturated rings. The first-order chi connectivity index (χ1) is 12.6. The number of hydrogen-bond donors (Lipinski definition) is 2. The van der Waals surface area contributed by atoms with Crippen molar-refractivity contribution in [1.82, 2.24) is 15.2 Å². The summed E-state index contributed by atoms with van der Waals surface area (Å²) in [5, 5.41) is 6.35. The Morgan fingerprint density at radius 1 is 1.31 bits per heavy atom. The SMILES string of the molecule is CCn1cc(C(=O)NC2CC2)c(=O)c2cc(F)c(N3CCNCC3)cc21. The Balaban J connectivity index is 1.82. The van der Waals surface area contributed by atoms with Gasteiger partial charge in [-0.25, -0.2) is 4.39 Å². The van der Waals surface area contributed by atoms with E-state index in [4.69, 9.17) is 0 Å². The normalized spacial score (nSPS) is 17.5. The second kappa shape index (κ2) is 6.72. The van der Waals surface area contributed by atoms with Crippen molar-refractivity contribution in [3.63, 3.8) is 0 Å². The maximum atomic E-state index is 14.8. The molecule has 2 heterocycles. The molecule has 0 bridgehead atoms. The summed E-state index contributed by atoms with van der Waals surface area (Å²) >= 11 is 0. The minimum atomic E-state index is -0.418. The number of nitrogens with zero attached hydrogens (tertiary/aromatic N) is 2. The van der Waals surface area contributed by atoms with Crippen molar-refractivity contribution in [2.24, 2.45) is 0 Å². The van der Waals surface area contributed by atoms with Crippen molar-refractivity contribution in [1.29, 1.82) is 0 Å². The van der Waals surface area contributed by atoms with E-state index < -0.39 is 11.2 Å². The van der Waals surface area contributed by atoms with Crippen molar-refractivity contribution in [3.05, 3.63) is 39.9 Å². The van der Waals surface area contributed by atoms with Gasteiger partial charge in [0.1, 0.15) is 11.4 Å². The van der Waals surface area contributed by atoms with Crippen LogP contribution in [0.2, 0.25) is 0 Å². The summed E-state index contributed by atoms with van der Waals surface area (Å²) in [6.45, 7) is 5.59. The minimum absolute atomic E-state index is 0.0839. The summed E-state index contributed by atoms with van der Waals surface area (Å²) in [5.41, 5.74) is 0.848. The van der Waals surface area contributed by atoms with Gasteiger partial charge in [-0.2, -0.15) is 0 Å². The quantitative estimate of drug-likeness (QED) is 0.869. The number of amides is 1. The number of benzene rings is 1. The third-order valence-electron chi connectivity index (χ3n) is 5.10. The third kappa shape index (κ3) is 3.07. The highest BCUT2D eigenvalue weighted by Gasteiger charge is 2.26. The zero-order valence-corrected chi connectivity index (χ0v) is 14.8. The van der Waals surface area contributed by atoms with Crippen LogP contribution in [0.1, 0.15) is 30.1 Å². The Morgan fingerprint density at radius 2 is 2.04 bits per heavy atom. The molecule has 2 aromatic rings. The largest absolute Gasteiger partial charge is 0.367 e. The fraction of sp³-hybridized carbons (Fsp3) is 0.474. The number of aromatic nitrogens is 1. The number of rotatable bonds is 4. The zero-order chi connectivity index (χ0) is 18.3. The summed E-state index contributed by atoms with van der Waals surface area (Å²) in [4.78, 5) is 27.2. The van der Waals surface area contributed by atoms with Crippen LogP contribution in [0.4, 0.5) is 10.1 Å². The predicted molar refractivity (Wildman–Crippen MR) is 99.4 cm³/mol. The Bertz CT molecular complexity index is 914. The van der Waals surface area contributed by atoms with Crippen LogP contribution in [0.5, 0.6) is 0 Å².